The molecule has 2 aromatic heterocycles. The van der Waals surface area contributed by atoms with Gasteiger partial charge in [-0.15, -0.1) is 11.3 Å². The number of rotatable bonds is 2. The van der Waals surface area contributed by atoms with Gasteiger partial charge in [-0.25, -0.2) is 0 Å². The second-order valence-corrected chi connectivity index (χ2v) is 7.47. The molecule has 0 saturated heterocycles. The normalized spacial score (nSPS) is 14.0. The Morgan fingerprint density at radius 2 is 2.05 bits per heavy atom. The number of Topliss-reactive ketones (excluding diaryl/α,β-unsaturated/α-hetero) is 1. The van der Waals surface area contributed by atoms with E-state index in [9.17, 15) is 9.59 Å². The van der Waals surface area contributed by atoms with Gasteiger partial charge in [0.25, 0.3) is 5.56 Å². The Hall–Kier alpha value is -1.46. The van der Waals surface area contributed by atoms with E-state index in [1.54, 1.807) is 24.5 Å². The van der Waals surface area contributed by atoms with Crippen LogP contribution in [0.25, 0.3) is 12.2 Å². The largest absolute Gasteiger partial charge is 0.302 e. The van der Waals surface area contributed by atoms with Gasteiger partial charge in [0.05, 0.1) is 4.53 Å². The first-order valence-corrected chi connectivity index (χ1v) is 8.01. The molecule has 2 heterocycles. The molecular formula is C15H17NO2S2. The third-order valence-corrected chi connectivity index (χ3v) is 4.71. The molecule has 0 unspecified atom stereocenters. The third-order valence-electron chi connectivity index (χ3n) is 2.90. The second-order valence-electron chi connectivity index (χ2n) is 5.63. The quantitative estimate of drug-likeness (QED) is 0.847. The summed E-state index contributed by atoms with van der Waals surface area (Å²) in [5.74, 6) is 0.0245. The number of nitrogens with zero attached hydrogens (tertiary/aromatic N) is 1. The lowest BCUT2D eigenvalue weighted by atomic mass is 9.91. The Morgan fingerprint density at radius 3 is 2.60 bits per heavy atom. The number of carbonyl (C=O) groups excluding carboxylic acids is 1. The lowest BCUT2D eigenvalue weighted by molar-refractivity contribution is -0.120. The smallest absolute Gasteiger partial charge is 0.268 e. The molecule has 20 heavy (non-hydrogen) atoms. The average molecular weight is 307 g/mol. The zero-order chi connectivity index (χ0) is 14.9. The zero-order valence-corrected chi connectivity index (χ0v) is 13.6. The maximum absolute atomic E-state index is 12.2. The van der Waals surface area contributed by atoms with Crippen LogP contribution in [0.4, 0.5) is 0 Å². The van der Waals surface area contributed by atoms with Crippen LogP contribution in [0.15, 0.2) is 21.6 Å². The number of thiazole rings is 1. The van der Waals surface area contributed by atoms with E-state index in [1.165, 1.54) is 15.9 Å². The van der Waals surface area contributed by atoms with Gasteiger partial charge in [0.1, 0.15) is 4.66 Å². The van der Waals surface area contributed by atoms with Crippen molar-refractivity contribution in [2.45, 2.75) is 20.8 Å². The molecule has 0 saturated carbocycles. The van der Waals surface area contributed by atoms with Crippen molar-refractivity contribution in [2.24, 2.45) is 12.5 Å². The van der Waals surface area contributed by atoms with Crippen LogP contribution in [0.1, 0.15) is 26.3 Å². The summed E-state index contributed by atoms with van der Waals surface area (Å²) in [6.07, 6.45) is 3.43. The molecular weight excluding hydrogens is 290 g/mol. The van der Waals surface area contributed by atoms with Crippen molar-refractivity contribution in [1.29, 1.82) is 0 Å². The number of carbonyl (C=O) groups is 1. The van der Waals surface area contributed by atoms with E-state index < -0.39 is 5.41 Å². The Bertz CT molecular complexity index is 787. The maximum atomic E-state index is 12.2. The molecule has 0 N–H and O–H groups in total. The van der Waals surface area contributed by atoms with Gasteiger partial charge in [0, 0.05) is 18.5 Å². The molecule has 3 nitrogen and oxygen atoms in total. The summed E-state index contributed by atoms with van der Waals surface area (Å²) in [7, 11) is 1.70. The molecule has 0 amide bonds. The van der Waals surface area contributed by atoms with Crippen LogP contribution in [0.3, 0.4) is 0 Å². The van der Waals surface area contributed by atoms with Crippen molar-refractivity contribution in [3.05, 3.63) is 41.9 Å². The number of aromatic nitrogens is 1. The second kappa shape index (κ2) is 5.50. The summed E-state index contributed by atoms with van der Waals surface area (Å²) in [5, 5.41) is 3.96. The van der Waals surface area contributed by atoms with Gasteiger partial charge in [0.15, 0.2) is 5.78 Å². The number of ketones is 1. The first-order valence-electron chi connectivity index (χ1n) is 6.25. The minimum absolute atomic E-state index is 0.0245. The highest BCUT2D eigenvalue weighted by molar-refractivity contribution is 7.08. The fraction of sp³-hybridized carbons (Fsp3) is 0.333. The van der Waals surface area contributed by atoms with Gasteiger partial charge in [-0.1, -0.05) is 20.8 Å². The summed E-state index contributed by atoms with van der Waals surface area (Å²) in [6.45, 7) is 5.61. The van der Waals surface area contributed by atoms with Crippen molar-refractivity contribution >= 4 is 40.6 Å². The fourth-order valence-corrected chi connectivity index (χ4v) is 3.19. The molecule has 2 rings (SSSR count). The van der Waals surface area contributed by atoms with Crippen molar-refractivity contribution in [3.8, 4) is 0 Å². The fourth-order valence-electron chi connectivity index (χ4n) is 1.54. The summed E-state index contributed by atoms with van der Waals surface area (Å²) < 4.78 is 2.88. The molecule has 106 valence electrons. The Labute approximate surface area is 125 Å². The molecule has 0 aliphatic rings. The Kier molecular flexibility index (Phi) is 4.11. The van der Waals surface area contributed by atoms with Crippen LogP contribution < -0.4 is 14.8 Å². The van der Waals surface area contributed by atoms with Crippen molar-refractivity contribution < 1.29 is 4.79 Å². The predicted molar refractivity (Wildman–Crippen MR) is 85.6 cm³/mol. The van der Waals surface area contributed by atoms with Crippen molar-refractivity contribution in [2.75, 3.05) is 0 Å². The van der Waals surface area contributed by atoms with Crippen LogP contribution in [0.2, 0.25) is 0 Å². The van der Waals surface area contributed by atoms with Crippen molar-refractivity contribution in [1.82, 2.24) is 4.57 Å². The molecule has 0 radical (unpaired) electrons. The third kappa shape index (κ3) is 3.16. The molecule has 0 aliphatic carbocycles. The van der Waals surface area contributed by atoms with E-state index in [1.807, 2.05) is 43.7 Å². The highest BCUT2D eigenvalue weighted by Crippen LogP contribution is 2.14. The lowest BCUT2D eigenvalue weighted by Gasteiger charge is -2.12. The Morgan fingerprint density at radius 1 is 1.35 bits per heavy atom. The number of thiophene rings is 1. The van der Waals surface area contributed by atoms with Gasteiger partial charge < -0.3 is 4.57 Å². The highest BCUT2D eigenvalue weighted by atomic mass is 32.1. The maximum Gasteiger partial charge on any atom is 0.268 e. The topological polar surface area (TPSA) is 39.1 Å². The molecule has 0 bridgehead atoms. The van der Waals surface area contributed by atoms with Gasteiger partial charge >= 0.3 is 0 Å². The Balaban J connectivity index is 2.57. The predicted octanol–water partition coefficient (Wildman–Crippen LogP) is 1.73. The average Bonchev–Trinajstić information content (AvgIpc) is 2.94. The van der Waals surface area contributed by atoms with Gasteiger partial charge in [-0.2, -0.15) is 11.3 Å². The van der Waals surface area contributed by atoms with Gasteiger partial charge in [-0.3, -0.25) is 9.59 Å². The van der Waals surface area contributed by atoms with Crippen molar-refractivity contribution in [3.63, 3.8) is 0 Å². The first kappa shape index (κ1) is 14.9. The van der Waals surface area contributed by atoms with E-state index in [2.05, 4.69) is 0 Å². The van der Waals surface area contributed by atoms with E-state index in [4.69, 9.17) is 0 Å². The molecule has 0 atom stereocenters. The summed E-state index contributed by atoms with van der Waals surface area (Å²) in [6, 6.07) is 1.97. The monoisotopic (exact) mass is 307 g/mol. The van der Waals surface area contributed by atoms with E-state index in [-0.39, 0.29) is 11.3 Å². The molecule has 0 fully saturated rings. The van der Waals surface area contributed by atoms with Crippen LogP contribution in [-0.4, -0.2) is 10.4 Å². The van der Waals surface area contributed by atoms with Crippen LogP contribution in [0, 0.1) is 5.41 Å². The van der Waals surface area contributed by atoms with Gasteiger partial charge in [0.2, 0.25) is 0 Å². The molecule has 0 aromatic carbocycles. The van der Waals surface area contributed by atoms with E-state index >= 15 is 0 Å². The summed E-state index contributed by atoms with van der Waals surface area (Å²) in [4.78, 5) is 24.2. The summed E-state index contributed by atoms with van der Waals surface area (Å²) >= 11 is 2.94. The molecule has 0 aliphatic heterocycles. The first-order chi connectivity index (χ1) is 9.29. The van der Waals surface area contributed by atoms with E-state index in [0.29, 0.717) is 9.20 Å². The standard InChI is InChI=1S/C15H17NO2S2/c1-15(2,3)12(17)8-13-16(4)14(18)11(20-13)7-10-5-6-19-9-10/h5-9H,1-4H3/b11-7-,13-8+. The minimum atomic E-state index is -0.433. The van der Waals surface area contributed by atoms with E-state index in [0.717, 1.165) is 5.56 Å². The van der Waals surface area contributed by atoms with Gasteiger partial charge in [-0.05, 0) is 28.5 Å². The molecule has 5 heteroatoms. The molecule has 0 spiro atoms. The highest BCUT2D eigenvalue weighted by Gasteiger charge is 2.19. The zero-order valence-electron chi connectivity index (χ0n) is 12.0. The lowest BCUT2D eigenvalue weighted by Crippen LogP contribution is -2.29. The summed E-state index contributed by atoms with van der Waals surface area (Å²) in [5.41, 5.74) is 0.522. The van der Waals surface area contributed by atoms with Crippen LogP contribution in [0.5, 0.6) is 0 Å². The SMILES string of the molecule is Cn1c(=O)/c(=C/c2ccsc2)s/c1=C/C(=O)C(C)(C)C. The number of hydrogen-bond donors (Lipinski definition) is 0. The van der Waals surface area contributed by atoms with Crippen LogP contribution in [-0.2, 0) is 11.8 Å². The minimum Gasteiger partial charge on any atom is -0.302 e. The number of hydrogen-bond acceptors (Lipinski definition) is 4. The molecule has 2 aromatic rings. The van der Waals surface area contributed by atoms with Crippen LogP contribution >= 0.6 is 22.7 Å².